The molecule has 0 aliphatic carbocycles. The number of hydrogen-bond acceptors (Lipinski definition) is 5. The number of anilines is 1. The highest BCUT2D eigenvalue weighted by Crippen LogP contribution is 2.23. The van der Waals surface area contributed by atoms with Crippen molar-refractivity contribution in [3.63, 3.8) is 0 Å². The summed E-state index contributed by atoms with van der Waals surface area (Å²) in [5, 5.41) is 0. The van der Waals surface area contributed by atoms with Crippen molar-refractivity contribution in [1.29, 1.82) is 0 Å². The van der Waals surface area contributed by atoms with Crippen molar-refractivity contribution >= 4 is 17.1 Å². The van der Waals surface area contributed by atoms with Crippen LogP contribution < -0.4 is 21.9 Å². The lowest BCUT2D eigenvalue weighted by Crippen LogP contribution is -2.44. The number of aryl methyl sites for hydroxylation is 1. The molecule has 3 heterocycles. The number of halogens is 1. The highest BCUT2D eigenvalue weighted by Gasteiger charge is 2.26. The zero-order chi connectivity index (χ0) is 22.1. The standard InChI is InChI=1S/C22H25FN6O2/c1-3-4-12-28-18-19(25-21(28)27-11-7-9-16(24)14-27)26(2)22(31)29(20(18)30)13-15-8-5-6-10-17(15)23/h5-6,8,10,16H,7,9,11-14,24H2,1-2H3. The second kappa shape index (κ2) is 8.40. The number of nitrogens with two attached hydrogens (primary N) is 1. The first-order chi connectivity index (χ1) is 14.9. The van der Waals surface area contributed by atoms with E-state index in [9.17, 15) is 14.0 Å². The number of aromatic nitrogens is 4. The Morgan fingerprint density at radius 1 is 1.26 bits per heavy atom. The Morgan fingerprint density at radius 3 is 2.74 bits per heavy atom. The number of imidazole rings is 1. The highest BCUT2D eigenvalue weighted by molar-refractivity contribution is 5.75. The van der Waals surface area contributed by atoms with Crippen molar-refractivity contribution in [2.45, 2.75) is 38.9 Å². The summed E-state index contributed by atoms with van der Waals surface area (Å²) in [5.74, 6) is 5.95. The number of piperidine rings is 1. The molecule has 1 atom stereocenters. The first-order valence-electron chi connectivity index (χ1n) is 10.3. The molecule has 9 heteroatoms. The minimum Gasteiger partial charge on any atom is -0.341 e. The van der Waals surface area contributed by atoms with Gasteiger partial charge in [-0.3, -0.25) is 18.5 Å². The van der Waals surface area contributed by atoms with E-state index >= 15 is 0 Å². The van der Waals surface area contributed by atoms with Gasteiger partial charge in [-0.1, -0.05) is 24.1 Å². The summed E-state index contributed by atoms with van der Waals surface area (Å²) in [7, 11) is 1.57. The van der Waals surface area contributed by atoms with Crippen LogP contribution >= 0.6 is 0 Å². The topological polar surface area (TPSA) is 91.1 Å². The monoisotopic (exact) mass is 424 g/mol. The molecule has 162 valence electrons. The van der Waals surface area contributed by atoms with Gasteiger partial charge in [0.2, 0.25) is 5.95 Å². The lowest BCUT2D eigenvalue weighted by molar-refractivity contribution is 0.496. The van der Waals surface area contributed by atoms with Crippen molar-refractivity contribution in [3.8, 4) is 11.8 Å². The van der Waals surface area contributed by atoms with Gasteiger partial charge in [-0.2, -0.15) is 4.98 Å². The molecular formula is C22H25FN6O2. The molecule has 2 N–H and O–H groups in total. The number of hydrogen-bond donors (Lipinski definition) is 1. The van der Waals surface area contributed by atoms with Gasteiger partial charge in [-0.15, -0.1) is 5.92 Å². The summed E-state index contributed by atoms with van der Waals surface area (Å²) in [4.78, 5) is 33.1. The summed E-state index contributed by atoms with van der Waals surface area (Å²) in [5.41, 5.74) is 5.91. The second-order valence-electron chi connectivity index (χ2n) is 7.77. The molecule has 1 aliphatic rings. The Bertz CT molecular complexity index is 1310. The molecule has 1 saturated heterocycles. The predicted molar refractivity (Wildman–Crippen MR) is 118 cm³/mol. The summed E-state index contributed by atoms with van der Waals surface area (Å²) in [6.07, 6.45) is 1.85. The summed E-state index contributed by atoms with van der Waals surface area (Å²) in [6.45, 7) is 3.18. The second-order valence-corrected chi connectivity index (χ2v) is 7.77. The first kappa shape index (κ1) is 20.9. The molecule has 0 radical (unpaired) electrons. The van der Waals surface area contributed by atoms with E-state index in [-0.39, 0.29) is 35.9 Å². The van der Waals surface area contributed by atoms with Gasteiger partial charge in [-0.05, 0) is 25.8 Å². The molecule has 4 rings (SSSR count). The van der Waals surface area contributed by atoms with Crippen LogP contribution in [0.4, 0.5) is 10.3 Å². The third-order valence-corrected chi connectivity index (χ3v) is 5.65. The van der Waals surface area contributed by atoms with E-state index in [1.807, 2.05) is 4.90 Å². The summed E-state index contributed by atoms with van der Waals surface area (Å²) in [6, 6.07) is 6.12. The molecule has 0 spiro atoms. The van der Waals surface area contributed by atoms with E-state index in [4.69, 9.17) is 5.73 Å². The fourth-order valence-corrected chi connectivity index (χ4v) is 4.04. The molecule has 1 aromatic carbocycles. The zero-order valence-electron chi connectivity index (χ0n) is 17.6. The number of fused-ring (bicyclic) bond motifs is 1. The van der Waals surface area contributed by atoms with Crippen LogP contribution in [0.15, 0.2) is 33.9 Å². The van der Waals surface area contributed by atoms with Crippen molar-refractivity contribution in [2.75, 3.05) is 18.0 Å². The van der Waals surface area contributed by atoms with Crippen LogP contribution in [0.1, 0.15) is 25.3 Å². The molecule has 31 heavy (non-hydrogen) atoms. The van der Waals surface area contributed by atoms with Crippen LogP contribution in [0, 0.1) is 17.7 Å². The van der Waals surface area contributed by atoms with Gasteiger partial charge in [0, 0.05) is 31.7 Å². The van der Waals surface area contributed by atoms with Gasteiger partial charge >= 0.3 is 5.69 Å². The van der Waals surface area contributed by atoms with Crippen molar-refractivity contribution in [1.82, 2.24) is 18.7 Å². The maximum Gasteiger partial charge on any atom is 0.332 e. The van der Waals surface area contributed by atoms with E-state index in [1.165, 1.54) is 10.6 Å². The average Bonchev–Trinajstić information content (AvgIpc) is 3.14. The van der Waals surface area contributed by atoms with Crippen molar-refractivity contribution in [2.24, 2.45) is 12.8 Å². The minimum absolute atomic E-state index is 0.0146. The van der Waals surface area contributed by atoms with Gasteiger partial charge in [0.05, 0.1) is 13.1 Å². The Hall–Kier alpha value is -3.38. The van der Waals surface area contributed by atoms with Crippen LogP contribution in [0.25, 0.3) is 11.2 Å². The predicted octanol–water partition coefficient (Wildman–Crippen LogP) is 1.03. The maximum absolute atomic E-state index is 14.2. The normalized spacial score (nSPS) is 16.4. The van der Waals surface area contributed by atoms with E-state index in [1.54, 1.807) is 36.7 Å². The molecule has 0 bridgehead atoms. The Kier molecular flexibility index (Phi) is 5.65. The van der Waals surface area contributed by atoms with E-state index in [0.29, 0.717) is 12.5 Å². The van der Waals surface area contributed by atoms with E-state index in [0.717, 1.165) is 24.0 Å². The van der Waals surface area contributed by atoms with E-state index < -0.39 is 17.1 Å². The van der Waals surface area contributed by atoms with Crippen LogP contribution in [0.5, 0.6) is 0 Å². The highest BCUT2D eigenvalue weighted by atomic mass is 19.1. The Balaban J connectivity index is 1.94. The number of rotatable bonds is 4. The molecule has 0 amide bonds. The SMILES string of the molecule is CC#CCn1c(N2CCCC(N)C2)nc2c1c(=O)n(Cc1ccccc1F)c(=O)n2C. The number of benzene rings is 1. The van der Waals surface area contributed by atoms with E-state index in [2.05, 4.69) is 16.8 Å². The third kappa shape index (κ3) is 3.75. The molecule has 3 aromatic rings. The quantitative estimate of drug-likeness (QED) is 0.632. The smallest absolute Gasteiger partial charge is 0.332 e. The van der Waals surface area contributed by atoms with Crippen LogP contribution in [-0.2, 0) is 20.1 Å². The fourth-order valence-electron chi connectivity index (χ4n) is 4.04. The largest absolute Gasteiger partial charge is 0.341 e. The van der Waals surface area contributed by atoms with Crippen LogP contribution in [0.2, 0.25) is 0 Å². The van der Waals surface area contributed by atoms with Crippen LogP contribution in [0.3, 0.4) is 0 Å². The summed E-state index contributed by atoms with van der Waals surface area (Å²) < 4.78 is 18.3. The van der Waals surface area contributed by atoms with Gasteiger partial charge in [0.15, 0.2) is 11.2 Å². The average molecular weight is 424 g/mol. The third-order valence-electron chi connectivity index (χ3n) is 5.65. The molecule has 1 unspecified atom stereocenters. The van der Waals surface area contributed by atoms with Gasteiger partial charge in [0.25, 0.3) is 5.56 Å². The molecular weight excluding hydrogens is 399 g/mol. The fraction of sp³-hybridized carbons (Fsp3) is 0.409. The molecule has 1 aliphatic heterocycles. The maximum atomic E-state index is 14.2. The number of nitrogens with zero attached hydrogens (tertiary/aromatic N) is 5. The lowest BCUT2D eigenvalue weighted by atomic mass is 10.1. The molecule has 2 aromatic heterocycles. The Labute approximate surface area is 178 Å². The van der Waals surface area contributed by atoms with Gasteiger partial charge in [-0.25, -0.2) is 9.18 Å². The van der Waals surface area contributed by atoms with Gasteiger partial charge in [0.1, 0.15) is 5.82 Å². The van der Waals surface area contributed by atoms with Crippen molar-refractivity contribution < 1.29 is 4.39 Å². The summed E-state index contributed by atoms with van der Waals surface area (Å²) >= 11 is 0. The molecule has 0 saturated carbocycles. The molecule has 1 fully saturated rings. The molecule has 8 nitrogen and oxygen atoms in total. The minimum atomic E-state index is -0.547. The lowest BCUT2D eigenvalue weighted by Gasteiger charge is -2.31. The first-order valence-corrected chi connectivity index (χ1v) is 10.3. The van der Waals surface area contributed by atoms with Crippen molar-refractivity contribution in [3.05, 3.63) is 56.5 Å². The van der Waals surface area contributed by atoms with Crippen LogP contribution in [-0.4, -0.2) is 37.8 Å². The van der Waals surface area contributed by atoms with Gasteiger partial charge < -0.3 is 10.6 Å². The Morgan fingerprint density at radius 2 is 2.03 bits per heavy atom. The zero-order valence-corrected chi connectivity index (χ0v) is 17.6.